The molecule has 0 saturated carbocycles. The quantitative estimate of drug-likeness (QED) is 0.547. The number of benzene rings is 2. The zero-order chi connectivity index (χ0) is 18.7. The van der Waals surface area contributed by atoms with Crippen LogP contribution in [0.1, 0.15) is 22.8 Å². The van der Waals surface area contributed by atoms with Gasteiger partial charge in [-0.05, 0) is 43.3 Å². The molecule has 26 heavy (non-hydrogen) atoms. The van der Waals surface area contributed by atoms with Gasteiger partial charge in [-0.3, -0.25) is 9.59 Å². The highest BCUT2D eigenvalue weighted by atomic mass is 35.5. The molecule has 0 unspecified atom stereocenters. The predicted octanol–water partition coefficient (Wildman–Crippen LogP) is 3.14. The first kappa shape index (κ1) is 17.7. The Morgan fingerprint density at radius 2 is 1.92 bits per heavy atom. The summed E-state index contributed by atoms with van der Waals surface area (Å²) in [5.41, 5.74) is 2.98. The molecule has 0 fully saturated rings. The van der Waals surface area contributed by atoms with Crippen LogP contribution < -0.4 is 11.0 Å². The number of para-hydroxylation sites is 1. The molecule has 1 aromatic heterocycles. The maximum absolute atomic E-state index is 12.6. The molecule has 2 aromatic carbocycles. The second-order valence-electron chi connectivity index (χ2n) is 5.53. The standard InChI is InChI=1S/C19H16ClN3O3/c1-2-23-16-6-4-3-5-14(16)17(24)15(19(23)26)11-21-22-18(25)12-7-9-13(20)10-8-12/h3-11,24H,2H2,1H3,(H,22,25)/b21-11-. The van der Waals surface area contributed by atoms with Crippen molar-refractivity contribution < 1.29 is 9.90 Å². The number of nitrogens with one attached hydrogen (secondary N) is 1. The predicted molar refractivity (Wildman–Crippen MR) is 102 cm³/mol. The molecule has 0 radical (unpaired) electrons. The number of hydrogen-bond donors (Lipinski definition) is 2. The van der Waals surface area contributed by atoms with Crippen molar-refractivity contribution in [2.75, 3.05) is 0 Å². The summed E-state index contributed by atoms with van der Waals surface area (Å²) in [6, 6.07) is 13.4. The molecule has 0 aliphatic heterocycles. The highest BCUT2D eigenvalue weighted by molar-refractivity contribution is 6.30. The van der Waals surface area contributed by atoms with Gasteiger partial charge in [-0.15, -0.1) is 0 Å². The van der Waals surface area contributed by atoms with Crippen molar-refractivity contribution in [1.82, 2.24) is 9.99 Å². The highest BCUT2D eigenvalue weighted by Crippen LogP contribution is 2.25. The van der Waals surface area contributed by atoms with Crippen LogP contribution in [0.4, 0.5) is 0 Å². The van der Waals surface area contributed by atoms with Crippen molar-refractivity contribution in [1.29, 1.82) is 0 Å². The van der Waals surface area contributed by atoms with E-state index in [1.807, 2.05) is 6.92 Å². The zero-order valence-electron chi connectivity index (χ0n) is 13.9. The number of carbonyl (C=O) groups is 1. The summed E-state index contributed by atoms with van der Waals surface area (Å²) in [4.78, 5) is 24.6. The summed E-state index contributed by atoms with van der Waals surface area (Å²) >= 11 is 5.79. The van der Waals surface area contributed by atoms with Gasteiger partial charge in [0.25, 0.3) is 11.5 Å². The molecule has 1 amide bonds. The molecule has 3 rings (SSSR count). The number of pyridine rings is 1. The number of rotatable bonds is 4. The largest absolute Gasteiger partial charge is 0.506 e. The Kier molecular flexibility index (Phi) is 5.04. The fraction of sp³-hybridized carbons (Fsp3) is 0.105. The van der Waals surface area contributed by atoms with Crippen LogP contribution in [-0.2, 0) is 6.54 Å². The SMILES string of the molecule is CCn1c(=O)c(/C=N\NC(=O)c2ccc(Cl)cc2)c(O)c2ccccc21. The molecule has 6 nitrogen and oxygen atoms in total. The van der Waals surface area contributed by atoms with Crippen LogP contribution in [0.3, 0.4) is 0 Å². The van der Waals surface area contributed by atoms with Crippen LogP contribution in [0.5, 0.6) is 5.75 Å². The van der Waals surface area contributed by atoms with E-state index < -0.39 is 5.91 Å². The first-order chi connectivity index (χ1) is 12.5. The van der Waals surface area contributed by atoms with Crippen molar-refractivity contribution in [2.24, 2.45) is 5.10 Å². The third-order valence-electron chi connectivity index (χ3n) is 3.96. The Morgan fingerprint density at radius 1 is 1.23 bits per heavy atom. The van der Waals surface area contributed by atoms with Gasteiger partial charge in [0.1, 0.15) is 11.3 Å². The number of carbonyl (C=O) groups excluding carboxylic acids is 1. The van der Waals surface area contributed by atoms with E-state index in [4.69, 9.17) is 11.6 Å². The van der Waals surface area contributed by atoms with Crippen LogP contribution in [0.2, 0.25) is 5.02 Å². The zero-order valence-corrected chi connectivity index (χ0v) is 14.7. The Morgan fingerprint density at radius 3 is 2.62 bits per heavy atom. The van der Waals surface area contributed by atoms with Gasteiger partial charge >= 0.3 is 0 Å². The lowest BCUT2D eigenvalue weighted by Gasteiger charge is -2.11. The number of aromatic nitrogens is 1. The Hall–Kier alpha value is -3.12. The fourth-order valence-electron chi connectivity index (χ4n) is 2.66. The summed E-state index contributed by atoms with van der Waals surface area (Å²) in [6.07, 6.45) is 1.16. The van der Waals surface area contributed by atoms with Crippen molar-refractivity contribution in [3.63, 3.8) is 0 Å². The van der Waals surface area contributed by atoms with Crippen LogP contribution in [0.15, 0.2) is 58.4 Å². The molecule has 0 spiro atoms. The minimum Gasteiger partial charge on any atom is -0.506 e. The molecule has 7 heteroatoms. The van der Waals surface area contributed by atoms with Crippen molar-refractivity contribution >= 4 is 34.6 Å². The number of nitrogens with zero attached hydrogens (tertiary/aromatic N) is 2. The van der Waals surface area contributed by atoms with E-state index in [1.165, 1.54) is 4.57 Å². The fourth-order valence-corrected chi connectivity index (χ4v) is 2.79. The Bertz CT molecular complexity index is 1060. The van der Waals surface area contributed by atoms with E-state index in [2.05, 4.69) is 10.5 Å². The summed E-state index contributed by atoms with van der Waals surface area (Å²) in [5, 5.41) is 15.3. The van der Waals surface area contributed by atoms with Crippen LogP contribution in [0.25, 0.3) is 10.9 Å². The van der Waals surface area contributed by atoms with Gasteiger partial charge in [0.05, 0.1) is 11.7 Å². The average molecular weight is 370 g/mol. The van der Waals surface area contributed by atoms with Crippen LogP contribution in [0, 0.1) is 0 Å². The summed E-state index contributed by atoms with van der Waals surface area (Å²) in [7, 11) is 0. The number of fused-ring (bicyclic) bond motifs is 1. The third-order valence-corrected chi connectivity index (χ3v) is 4.22. The number of halogens is 1. The average Bonchev–Trinajstić information content (AvgIpc) is 2.65. The van der Waals surface area contributed by atoms with Gasteiger partial charge in [-0.2, -0.15) is 5.10 Å². The summed E-state index contributed by atoms with van der Waals surface area (Å²) in [5.74, 6) is -0.617. The minimum atomic E-state index is -0.450. The number of aryl methyl sites for hydroxylation is 1. The summed E-state index contributed by atoms with van der Waals surface area (Å²) < 4.78 is 1.54. The van der Waals surface area contributed by atoms with E-state index in [1.54, 1.807) is 48.5 Å². The minimum absolute atomic E-state index is 0.0157. The number of amides is 1. The maximum Gasteiger partial charge on any atom is 0.271 e. The second kappa shape index (κ2) is 7.41. The Balaban J connectivity index is 1.93. The normalized spacial score (nSPS) is 11.2. The topological polar surface area (TPSA) is 83.7 Å². The molecule has 3 aromatic rings. The maximum atomic E-state index is 12.6. The molecule has 0 bridgehead atoms. The van der Waals surface area contributed by atoms with Crippen molar-refractivity contribution in [3.05, 3.63) is 75.0 Å². The van der Waals surface area contributed by atoms with Gasteiger partial charge in [0, 0.05) is 22.5 Å². The van der Waals surface area contributed by atoms with Gasteiger partial charge in [-0.25, -0.2) is 5.43 Å². The van der Waals surface area contributed by atoms with Gasteiger partial charge in [0.15, 0.2) is 0 Å². The molecular formula is C19H16ClN3O3. The van der Waals surface area contributed by atoms with Crippen LogP contribution in [-0.4, -0.2) is 21.8 Å². The lowest BCUT2D eigenvalue weighted by Crippen LogP contribution is -2.24. The lowest BCUT2D eigenvalue weighted by molar-refractivity contribution is 0.0955. The lowest BCUT2D eigenvalue weighted by atomic mass is 10.1. The summed E-state index contributed by atoms with van der Waals surface area (Å²) in [6.45, 7) is 2.28. The van der Waals surface area contributed by atoms with Gasteiger partial charge in [0.2, 0.25) is 0 Å². The third kappa shape index (κ3) is 3.32. The van der Waals surface area contributed by atoms with E-state index >= 15 is 0 Å². The second-order valence-corrected chi connectivity index (χ2v) is 5.97. The smallest absolute Gasteiger partial charge is 0.271 e. The molecule has 0 atom stereocenters. The first-order valence-electron chi connectivity index (χ1n) is 7.96. The monoisotopic (exact) mass is 369 g/mol. The molecule has 2 N–H and O–H groups in total. The van der Waals surface area contributed by atoms with Crippen LogP contribution >= 0.6 is 11.6 Å². The molecule has 0 saturated heterocycles. The highest BCUT2D eigenvalue weighted by Gasteiger charge is 2.14. The van der Waals surface area contributed by atoms with Crippen molar-refractivity contribution in [3.8, 4) is 5.75 Å². The molecular weight excluding hydrogens is 354 g/mol. The van der Waals surface area contributed by atoms with Crippen molar-refractivity contribution in [2.45, 2.75) is 13.5 Å². The van der Waals surface area contributed by atoms with Gasteiger partial charge < -0.3 is 9.67 Å². The molecule has 132 valence electrons. The van der Waals surface area contributed by atoms with E-state index in [-0.39, 0.29) is 16.9 Å². The molecule has 0 aliphatic rings. The number of hydrazone groups is 1. The number of hydrogen-bond acceptors (Lipinski definition) is 4. The molecule has 0 aliphatic carbocycles. The van der Waals surface area contributed by atoms with E-state index in [0.29, 0.717) is 28.0 Å². The number of aromatic hydroxyl groups is 1. The Labute approximate surface area is 154 Å². The van der Waals surface area contributed by atoms with Gasteiger partial charge in [-0.1, -0.05) is 23.7 Å². The van der Waals surface area contributed by atoms with E-state index in [0.717, 1.165) is 6.21 Å². The molecule has 1 heterocycles. The first-order valence-corrected chi connectivity index (χ1v) is 8.34. The van der Waals surface area contributed by atoms with E-state index in [9.17, 15) is 14.7 Å².